The Morgan fingerprint density at radius 1 is 1.12 bits per heavy atom. The molecule has 1 fully saturated rings. The topological polar surface area (TPSA) is 73.5 Å². The average Bonchev–Trinajstić information content (AvgIpc) is 2.56. The second-order valence-electron chi connectivity index (χ2n) is 5.82. The Hall–Kier alpha value is -1.99. The van der Waals surface area contributed by atoms with E-state index in [2.05, 4.69) is 0 Å². The Kier molecular flexibility index (Phi) is 3.19. The predicted molar refractivity (Wildman–Crippen MR) is 64.5 cm³/mol. The molecule has 3 rings (SSSR count). The molecule has 4 nitrogen and oxygen atoms in total. The van der Waals surface area contributed by atoms with Crippen LogP contribution in [0, 0.1) is 17.1 Å². The van der Waals surface area contributed by atoms with Crippen molar-refractivity contribution < 1.29 is 41.3 Å². The molecule has 10 heteroatoms. The minimum absolute atomic E-state index is 0.463. The predicted octanol–water partition coefficient (Wildman–Crippen LogP) is 2.48. The summed E-state index contributed by atoms with van der Waals surface area (Å²) in [4.78, 5) is 0. The van der Waals surface area contributed by atoms with E-state index in [0.29, 0.717) is 18.2 Å². The van der Waals surface area contributed by atoms with Crippen LogP contribution in [0.2, 0.25) is 0 Å². The number of aliphatic hydroxyl groups is 2. The summed E-state index contributed by atoms with van der Waals surface area (Å²) >= 11 is 0. The van der Waals surface area contributed by atoms with E-state index >= 15 is 0 Å². The molecule has 130 valence electrons. The molecular weight excluding hydrogens is 344 g/mol. The highest BCUT2D eigenvalue weighted by Crippen LogP contribution is 2.59. The van der Waals surface area contributed by atoms with Gasteiger partial charge in [0.1, 0.15) is 12.2 Å². The van der Waals surface area contributed by atoms with Crippen LogP contribution in [0.4, 0.5) is 26.3 Å². The maximum atomic E-state index is 14.4. The van der Waals surface area contributed by atoms with Crippen molar-refractivity contribution in [2.75, 3.05) is 0 Å². The van der Waals surface area contributed by atoms with Gasteiger partial charge in [-0.25, -0.2) is 17.6 Å². The molecule has 1 atom stereocenters. The maximum Gasteiger partial charge on any atom is 0.326 e. The Morgan fingerprint density at radius 2 is 1.71 bits per heavy atom. The summed E-state index contributed by atoms with van der Waals surface area (Å²) < 4.78 is 87.0. The molecule has 2 aliphatic carbocycles. The molecule has 0 bridgehead atoms. The van der Waals surface area contributed by atoms with E-state index in [1.165, 1.54) is 0 Å². The highest BCUT2D eigenvalue weighted by Gasteiger charge is 2.77. The molecular formula is C14H9F6NO3. The minimum atomic E-state index is -4.70. The molecule has 0 saturated heterocycles. The number of halogens is 6. The van der Waals surface area contributed by atoms with Crippen LogP contribution in [0.15, 0.2) is 12.1 Å². The van der Waals surface area contributed by atoms with Gasteiger partial charge >= 0.3 is 11.6 Å². The van der Waals surface area contributed by atoms with Crippen molar-refractivity contribution in [3.8, 4) is 11.8 Å². The van der Waals surface area contributed by atoms with Crippen molar-refractivity contribution in [1.82, 2.24) is 0 Å². The molecule has 1 saturated carbocycles. The fourth-order valence-electron chi connectivity index (χ4n) is 2.84. The van der Waals surface area contributed by atoms with Crippen LogP contribution in [-0.2, 0) is 11.7 Å². The Morgan fingerprint density at radius 3 is 2.21 bits per heavy atom. The molecule has 1 aromatic rings. The van der Waals surface area contributed by atoms with Crippen molar-refractivity contribution in [2.24, 2.45) is 0 Å². The van der Waals surface area contributed by atoms with Crippen LogP contribution in [-0.4, -0.2) is 27.9 Å². The van der Waals surface area contributed by atoms with Gasteiger partial charge in [0.25, 0.3) is 5.92 Å². The van der Waals surface area contributed by atoms with Gasteiger partial charge in [-0.3, -0.25) is 0 Å². The van der Waals surface area contributed by atoms with Gasteiger partial charge in [0, 0.05) is 18.4 Å². The molecule has 24 heavy (non-hydrogen) atoms. The highest BCUT2D eigenvalue weighted by atomic mass is 19.3. The maximum absolute atomic E-state index is 14.4. The number of rotatable bonds is 2. The lowest BCUT2D eigenvalue weighted by Gasteiger charge is -2.35. The summed E-state index contributed by atoms with van der Waals surface area (Å²) in [5.74, 6) is -14.4. The van der Waals surface area contributed by atoms with Crippen LogP contribution in [0.5, 0.6) is 5.75 Å². The lowest BCUT2D eigenvalue weighted by atomic mass is 9.91. The Bertz CT molecular complexity index is 752. The lowest BCUT2D eigenvalue weighted by molar-refractivity contribution is -0.284. The standard InChI is InChI=1S/C14H9F6NO3/c15-10-8(24-6-3-11(16,17)4-6)2-1-7-9(10)14(22,23)12(18,5-21)13(7,19)20/h1-2,6,22-23H,3-4H2. The number of alkyl halides is 5. The fourth-order valence-corrected chi connectivity index (χ4v) is 2.84. The smallest absolute Gasteiger partial charge is 0.326 e. The molecule has 1 aromatic carbocycles. The van der Waals surface area contributed by atoms with Crippen LogP contribution >= 0.6 is 0 Å². The van der Waals surface area contributed by atoms with Crippen LogP contribution in [0.25, 0.3) is 0 Å². The van der Waals surface area contributed by atoms with E-state index in [1.807, 2.05) is 0 Å². The monoisotopic (exact) mass is 353 g/mol. The number of nitriles is 1. The number of benzene rings is 1. The third-order valence-corrected chi connectivity index (χ3v) is 4.21. The van der Waals surface area contributed by atoms with E-state index in [1.54, 1.807) is 0 Å². The quantitative estimate of drug-likeness (QED) is 0.633. The molecule has 1 unspecified atom stereocenters. The number of hydrogen-bond acceptors (Lipinski definition) is 4. The van der Waals surface area contributed by atoms with Crippen molar-refractivity contribution in [2.45, 2.75) is 42.2 Å². The zero-order valence-corrected chi connectivity index (χ0v) is 11.7. The van der Waals surface area contributed by atoms with Gasteiger partial charge < -0.3 is 14.9 Å². The van der Waals surface area contributed by atoms with Gasteiger partial charge in [-0.05, 0) is 12.1 Å². The van der Waals surface area contributed by atoms with Gasteiger partial charge in [0.05, 0.1) is 5.56 Å². The number of hydrogen-bond donors (Lipinski definition) is 2. The van der Waals surface area contributed by atoms with Crippen LogP contribution < -0.4 is 4.74 Å². The molecule has 0 spiro atoms. The van der Waals surface area contributed by atoms with E-state index in [4.69, 9.17) is 10.00 Å². The third-order valence-electron chi connectivity index (χ3n) is 4.21. The minimum Gasteiger partial charge on any atom is -0.487 e. The van der Waals surface area contributed by atoms with E-state index in [0.717, 1.165) is 0 Å². The second-order valence-corrected chi connectivity index (χ2v) is 5.82. The first-order chi connectivity index (χ1) is 10.9. The van der Waals surface area contributed by atoms with Crippen molar-refractivity contribution in [3.63, 3.8) is 0 Å². The summed E-state index contributed by atoms with van der Waals surface area (Å²) in [5.41, 5.74) is -7.51. The molecule has 0 heterocycles. The molecule has 0 radical (unpaired) electrons. The lowest BCUT2D eigenvalue weighted by Crippen LogP contribution is -2.51. The third kappa shape index (κ3) is 1.88. The largest absolute Gasteiger partial charge is 0.487 e. The van der Waals surface area contributed by atoms with Gasteiger partial charge in [-0.1, -0.05) is 0 Å². The molecule has 2 aliphatic rings. The highest BCUT2D eigenvalue weighted by molar-refractivity contribution is 5.52. The molecule has 2 N–H and O–H groups in total. The van der Waals surface area contributed by atoms with E-state index < -0.39 is 64.9 Å². The fraction of sp³-hybridized carbons (Fsp3) is 0.500. The Labute approximate surface area is 130 Å². The van der Waals surface area contributed by atoms with Gasteiger partial charge in [0.2, 0.25) is 5.79 Å². The summed E-state index contributed by atoms with van der Waals surface area (Å²) in [6, 6.07) is 1.56. The number of fused-ring (bicyclic) bond motifs is 1. The average molecular weight is 353 g/mol. The summed E-state index contributed by atoms with van der Waals surface area (Å²) in [6.45, 7) is 0. The van der Waals surface area contributed by atoms with E-state index in [-0.39, 0.29) is 0 Å². The first kappa shape index (κ1) is 16.9. The summed E-state index contributed by atoms with van der Waals surface area (Å²) in [6.07, 6.45) is -2.56. The zero-order chi connectivity index (χ0) is 18.1. The van der Waals surface area contributed by atoms with Gasteiger partial charge in [-0.2, -0.15) is 14.0 Å². The zero-order valence-electron chi connectivity index (χ0n) is 11.7. The summed E-state index contributed by atoms with van der Waals surface area (Å²) in [7, 11) is 0. The first-order valence-corrected chi connectivity index (χ1v) is 6.68. The van der Waals surface area contributed by atoms with Crippen LogP contribution in [0.1, 0.15) is 24.0 Å². The second kappa shape index (κ2) is 4.55. The van der Waals surface area contributed by atoms with Crippen LogP contribution in [0.3, 0.4) is 0 Å². The van der Waals surface area contributed by atoms with Gasteiger partial charge in [0.15, 0.2) is 11.6 Å². The summed E-state index contributed by atoms with van der Waals surface area (Å²) in [5, 5.41) is 27.9. The van der Waals surface area contributed by atoms with Crippen molar-refractivity contribution in [1.29, 1.82) is 5.26 Å². The molecule has 0 amide bonds. The van der Waals surface area contributed by atoms with E-state index in [9.17, 15) is 36.6 Å². The molecule has 0 aromatic heterocycles. The van der Waals surface area contributed by atoms with Crippen molar-refractivity contribution >= 4 is 0 Å². The normalized spacial score (nSPS) is 29.5. The van der Waals surface area contributed by atoms with Gasteiger partial charge in [-0.15, -0.1) is 0 Å². The van der Waals surface area contributed by atoms with Crippen molar-refractivity contribution in [3.05, 3.63) is 29.1 Å². The Balaban J connectivity index is 2.05. The SMILES string of the molecule is N#CC1(F)C(O)(O)c2c(ccc(OC3CC(F)(F)C3)c2F)C1(F)F. The molecule has 0 aliphatic heterocycles. The number of ether oxygens (including phenoxy) is 1. The number of nitrogens with zero attached hydrogens (tertiary/aromatic N) is 1. The first-order valence-electron chi connectivity index (χ1n) is 6.68.